The first-order valence-electron chi connectivity index (χ1n) is 7.64. The van der Waals surface area contributed by atoms with Gasteiger partial charge in [0.2, 0.25) is 0 Å². The van der Waals surface area contributed by atoms with Crippen molar-refractivity contribution in [1.29, 1.82) is 0 Å². The smallest absolute Gasteiger partial charge is 0.261 e. The number of benzene rings is 1. The van der Waals surface area contributed by atoms with Crippen LogP contribution >= 0.6 is 0 Å². The standard InChI is InChI=1S/C17H16FN3O2/c18-14-3-4-15-11(7-14)1-2-12(15)8-19-9-16-20-17(23-21-16)13-5-6-22-10-13/h3-7,10,12,19H,1-2,8-9H2. The number of hydrogen-bond donors (Lipinski definition) is 1. The van der Waals surface area contributed by atoms with Crippen molar-refractivity contribution < 1.29 is 13.3 Å². The van der Waals surface area contributed by atoms with Gasteiger partial charge in [-0.2, -0.15) is 4.98 Å². The van der Waals surface area contributed by atoms with E-state index < -0.39 is 0 Å². The lowest BCUT2D eigenvalue weighted by molar-refractivity contribution is 0.417. The van der Waals surface area contributed by atoms with Crippen molar-refractivity contribution in [3.8, 4) is 11.5 Å². The fraction of sp³-hybridized carbons (Fsp3) is 0.294. The minimum Gasteiger partial charge on any atom is -0.472 e. The summed E-state index contributed by atoms with van der Waals surface area (Å²) in [5.74, 6) is 1.32. The van der Waals surface area contributed by atoms with Crippen molar-refractivity contribution in [2.45, 2.75) is 25.3 Å². The third-order valence-corrected chi connectivity index (χ3v) is 4.22. The fourth-order valence-electron chi connectivity index (χ4n) is 3.07. The van der Waals surface area contributed by atoms with Gasteiger partial charge in [0.15, 0.2) is 5.82 Å². The molecule has 1 aliphatic rings. The zero-order chi connectivity index (χ0) is 15.6. The maximum atomic E-state index is 13.2. The van der Waals surface area contributed by atoms with E-state index in [9.17, 15) is 4.39 Å². The SMILES string of the molecule is Fc1ccc2c(c1)CCC2CNCc1noc(-c2ccoc2)n1. The molecule has 0 aliphatic heterocycles. The number of furan rings is 1. The molecule has 0 bridgehead atoms. The second kappa shape index (κ2) is 5.96. The van der Waals surface area contributed by atoms with Gasteiger partial charge in [0, 0.05) is 6.54 Å². The summed E-state index contributed by atoms with van der Waals surface area (Å²) in [4.78, 5) is 4.32. The molecule has 0 fully saturated rings. The highest BCUT2D eigenvalue weighted by molar-refractivity contribution is 5.49. The van der Waals surface area contributed by atoms with Gasteiger partial charge < -0.3 is 14.3 Å². The number of rotatable bonds is 5. The third kappa shape index (κ3) is 2.90. The Bertz CT molecular complexity index is 798. The maximum Gasteiger partial charge on any atom is 0.261 e. The molecule has 1 aromatic carbocycles. The van der Waals surface area contributed by atoms with Crippen molar-refractivity contribution >= 4 is 0 Å². The molecular formula is C17H16FN3O2. The highest BCUT2D eigenvalue weighted by atomic mass is 19.1. The summed E-state index contributed by atoms with van der Waals surface area (Å²) in [6.07, 6.45) is 5.11. The van der Waals surface area contributed by atoms with Crippen LogP contribution in [0.1, 0.15) is 29.3 Å². The van der Waals surface area contributed by atoms with E-state index in [0.29, 0.717) is 24.2 Å². The Hall–Kier alpha value is -2.47. The summed E-state index contributed by atoms with van der Waals surface area (Å²) in [6.45, 7) is 1.35. The van der Waals surface area contributed by atoms with E-state index in [1.54, 1.807) is 24.7 Å². The largest absolute Gasteiger partial charge is 0.472 e. The summed E-state index contributed by atoms with van der Waals surface area (Å²) in [5, 5.41) is 7.31. The second-order valence-corrected chi connectivity index (χ2v) is 5.74. The number of halogens is 1. The summed E-state index contributed by atoms with van der Waals surface area (Å²) < 4.78 is 23.4. The molecule has 3 aromatic rings. The molecule has 4 rings (SSSR count). The van der Waals surface area contributed by atoms with Crippen LogP contribution in [-0.2, 0) is 13.0 Å². The van der Waals surface area contributed by atoms with Gasteiger partial charge in [-0.05, 0) is 48.1 Å². The fourth-order valence-corrected chi connectivity index (χ4v) is 3.07. The highest BCUT2D eigenvalue weighted by Gasteiger charge is 2.22. The highest BCUT2D eigenvalue weighted by Crippen LogP contribution is 2.32. The molecule has 5 nitrogen and oxygen atoms in total. The zero-order valence-electron chi connectivity index (χ0n) is 12.5. The number of hydrogen-bond acceptors (Lipinski definition) is 5. The van der Waals surface area contributed by atoms with E-state index in [2.05, 4.69) is 15.5 Å². The van der Waals surface area contributed by atoms with Crippen LogP contribution in [0.15, 0.2) is 45.7 Å². The monoisotopic (exact) mass is 313 g/mol. The van der Waals surface area contributed by atoms with Gasteiger partial charge in [0.05, 0.1) is 18.4 Å². The second-order valence-electron chi connectivity index (χ2n) is 5.74. The van der Waals surface area contributed by atoms with Crippen LogP contribution in [0.25, 0.3) is 11.5 Å². The van der Waals surface area contributed by atoms with Crippen LogP contribution in [0.2, 0.25) is 0 Å². The Kier molecular flexibility index (Phi) is 3.67. The molecule has 0 amide bonds. The van der Waals surface area contributed by atoms with Gasteiger partial charge in [-0.15, -0.1) is 0 Å². The molecule has 118 valence electrons. The summed E-state index contributed by atoms with van der Waals surface area (Å²) in [6, 6.07) is 6.86. The molecule has 6 heteroatoms. The molecule has 1 aliphatic carbocycles. The first-order valence-corrected chi connectivity index (χ1v) is 7.64. The van der Waals surface area contributed by atoms with Crippen molar-refractivity contribution in [2.75, 3.05) is 6.54 Å². The lowest BCUT2D eigenvalue weighted by atomic mass is 10.0. The van der Waals surface area contributed by atoms with Crippen LogP contribution in [-0.4, -0.2) is 16.7 Å². The Balaban J connectivity index is 1.35. The first kappa shape index (κ1) is 14.1. The summed E-state index contributed by atoms with van der Waals surface area (Å²) in [7, 11) is 0. The zero-order valence-corrected chi connectivity index (χ0v) is 12.5. The maximum absolute atomic E-state index is 13.2. The minimum atomic E-state index is -0.157. The van der Waals surface area contributed by atoms with Crippen LogP contribution in [0.3, 0.4) is 0 Å². The summed E-state index contributed by atoms with van der Waals surface area (Å²) in [5.41, 5.74) is 3.14. The molecule has 2 heterocycles. The van der Waals surface area contributed by atoms with Crippen LogP contribution in [0.4, 0.5) is 4.39 Å². The topological polar surface area (TPSA) is 64.1 Å². The van der Waals surface area contributed by atoms with E-state index >= 15 is 0 Å². The Morgan fingerprint density at radius 1 is 1.30 bits per heavy atom. The predicted octanol–water partition coefficient (Wildman–Crippen LogP) is 3.29. The average molecular weight is 313 g/mol. The quantitative estimate of drug-likeness (QED) is 0.783. The minimum absolute atomic E-state index is 0.157. The molecule has 1 N–H and O–H groups in total. The normalized spacial score (nSPS) is 16.7. The van der Waals surface area contributed by atoms with Crippen molar-refractivity contribution in [2.24, 2.45) is 0 Å². The lowest BCUT2D eigenvalue weighted by Crippen LogP contribution is -2.20. The summed E-state index contributed by atoms with van der Waals surface area (Å²) >= 11 is 0. The number of fused-ring (bicyclic) bond motifs is 1. The van der Waals surface area contributed by atoms with Crippen molar-refractivity contribution in [3.05, 3.63) is 59.6 Å². The number of aryl methyl sites for hydroxylation is 1. The molecular weight excluding hydrogens is 297 g/mol. The average Bonchev–Trinajstić information content (AvgIpc) is 3.27. The first-order chi connectivity index (χ1) is 11.3. The molecule has 0 radical (unpaired) electrons. The van der Waals surface area contributed by atoms with Crippen LogP contribution in [0.5, 0.6) is 0 Å². The van der Waals surface area contributed by atoms with E-state index in [-0.39, 0.29) is 5.82 Å². The van der Waals surface area contributed by atoms with E-state index in [1.807, 2.05) is 6.07 Å². The van der Waals surface area contributed by atoms with E-state index in [4.69, 9.17) is 8.94 Å². The Morgan fingerprint density at radius 2 is 2.26 bits per heavy atom. The van der Waals surface area contributed by atoms with Crippen LogP contribution < -0.4 is 5.32 Å². The molecule has 0 saturated heterocycles. The molecule has 1 atom stereocenters. The number of nitrogens with one attached hydrogen (secondary N) is 1. The molecule has 1 unspecified atom stereocenters. The molecule has 0 spiro atoms. The molecule has 2 aromatic heterocycles. The Morgan fingerprint density at radius 3 is 3.13 bits per heavy atom. The van der Waals surface area contributed by atoms with E-state index in [1.165, 1.54) is 11.6 Å². The van der Waals surface area contributed by atoms with Gasteiger partial charge in [0.25, 0.3) is 5.89 Å². The van der Waals surface area contributed by atoms with Gasteiger partial charge >= 0.3 is 0 Å². The molecule has 0 saturated carbocycles. The van der Waals surface area contributed by atoms with Gasteiger partial charge in [0.1, 0.15) is 12.1 Å². The van der Waals surface area contributed by atoms with Crippen molar-refractivity contribution in [1.82, 2.24) is 15.5 Å². The van der Waals surface area contributed by atoms with Crippen LogP contribution in [0, 0.1) is 5.82 Å². The van der Waals surface area contributed by atoms with Gasteiger partial charge in [-0.1, -0.05) is 11.2 Å². The Labute approximate surface area is 132 Å². The molecule has 23 heavy (non-hydrogen) atoms. The van der Waals surface area contributed by atoms with Gasteiger partial charge in [-0.25, -0.2) is 4.39 Å². The lowest BCUT2D eigenvalue weighted by Gasteiger charge is -2.11. The van der Waals surface area contributed by atoms with Crippen molar-refractivity contribution in [3.63, 3.8) is 0 Å². The third-order valence-electron chi connectivity index (χ3n) is 4.22. The van der Waals surface area contributed by atoms with E-state index in [0.717, 1.165) is 30.5 Å². The van der Waals surface area contributed by atoms with Gasteiger partial charge in [-0.3, -0.25) is 0 Å². The number of nitrogens with zero attached hydrogens (tertiary/aromatic N) is 2. The predicted molar refractivity (Wildman–Crippen MR) is 81.2 cm³/mol. The number of aromatic nitrogens is 2.